The minimum absolute atomic E-state index is 0.123. The summed E-state index contributed by atoms with van der Waals surface area (Å²) in [5.41, 5.74) is 4.99. The van der Waals surface area contributed by atoms with Crippen LogP contribution < -0.4 is 5.73 Å². The number of hydrogen-bond acceptors (Lipinski definition) is 4. The number of ether oxygens (including phenoxy) is 1. The Labute approximate surface area is 107 Å². The number of hydrogen-bond donors (Lipinski definition) is 2. The number of nitrogens with two attached hydrogens (primary N) is 1. The molecule has 0 heterocycles. The second-order valence-electron chi connectivity index (χ2n) is 3.50. The number of phenolic OH excluding ortho intramolecular Hbond substituents is 1. The van der Waals surface area contributed by atoms with Crippen LogP contribution in [0.5, 0.6) is 5.75 Å². The molecular weight excluding hydrogens is 268 g/mol. The van der Waals surface area contributed by atoms with Gasteiger partial charge >= 0.3 is 11.9 Å². The third-order valence-electron chi connectivity index (χ3n) is 2.29. The molecular formula is C11H12ClF2NO3. The van der Waals surface area contributed by atoms with E-state index in [0.717, 1.165) is 0 Å². The molecule has 100 valence electrons. The molecule has 1 aromatic carbocycles. The van der Waals surface area contributed by atoms with Crippen LogP contribution in [-0.4, -0.2) is 23.6 Å². The molecule has 0 fully saturated rings. The van der Waals surface area contributed by atoms with Gasteiger partial charge in [0.05, 0.1) is 11.6 Å². The Morgan fingerprint density at radius 2 is 2.22 bits per heavy atom. The predicted molar refractivity (Wildman–Crippen MR) is 61.6 cm³/mol. The zero-order chi connectivity index (χ0) is 13.9. The third-order valence-corrected chi connectivity index (χ3v) is 2.60. The van der Waals surface area contributed by atoms with Crippen molar-refractivity contribution >= 4 is 17.6 Å². The molecule has 4 nitrogen and oxygen atoms in total. The number of esters is 1. The largest absolute Gasteiger partial charge is 0.506 e. The fourth-order valence-corrected chi connectivity index (χ4v) is 1.51. The molecule has 0 aromatic heterocycles. The highest BCUT2D eigenvalue weighted by Crippen LogP contribution is 2.37. The smallest absolute Gasteiger partial charge is 0.379 e. The maximum atomic E-state index is 13.6. The average molecular weight is 280 g/mol. The summed E-state index contributed by atoms with van der Waals surface area (Å²) in [6, 6.07) is 1.79. The number of para-hydroxylation sites is 1. The standard InChI is InChI=1S/C11H12ClF2NO3/c1-2-18-10(17)11(13,14)9(15)6-4-3-5-7(12)8(6)16/h3-5,9,16H,2,15H2,1H3/t9-/m0/s1. The zero-order valence-corrected chi connectivity index (χ0v) is 10.2. The molecule has 0 aliphatic carbocycles. The summed E-state index contributed by atoms with van der Waals surface area (Å²) >= 11 is 5.58. The van der Waals surface area contributed by atoms with Crippen LogP contribution in [0.2, 0.25) is 5.02 Å². The average Bonchev–Trinajstić information content (AvgIpc) is 2.32. The molecule has 0 saturated heterocycles. The van der Waals surface area contributed by atoms with Crippen LogP contribution in [0.1, 0.15) is 18.5 Å². The maximum Gasteiger partial charge on any atom is 0.379 e. The third kappa shape index (κ3) is 2.70. The van der Waals surface area contributed by atoms with E-state index in [1.807, 2.05) is 0 Å². The van der Waals surface area contributed by atoms with Crippen molar-refractivity contribution in [3.05, 3.63) is 28.8 Å². The van der Waals surface area contributed by atoms with Crippen LogP contribution in [0, 0.1) is 0 Å². The Morgan fingerprint density at radius 1 is 1.61 bits per heavy atom. The summed E-state index contributed by atoms with van der Waals surface area (Å²) in [5, 5.41) is 9.42. The molecule has 0 aliphatic rings. The van der Waals surface area contributed by atoms with Gasteiger partial charge in [-0.2, -0.15) is 8.78 Å². The van der Waals surface area contributed by atoms with Crippen molar-refractivity contribution in [1.82, 2.24) is 0 Å². The first-order valence-corrected chi connectivity index (χ1v) is 5.48. The summed E-state index contributed by atoms with van der Waals surface area (Å²) < 4.78 is 31.5. The van der Waals surface area contributed by atoms with Crippen LogP contribution in [-0.2, 0) is 9.53 Å². The first kappa shape index (κ1) is 14.7. The number of benzene rings is 1. The Bertz CT molecular complexity index is 454. The quantitative estimate of drug-likeness (QED) is 0.829. The lowest BCUT2D eigenvalue weighted by Gasteiger charge is -2.22. The van der Waals surface area contributed by atoms with Gasteiger partial charge in [0.2, 0.25) is 0 Å². The molecule has 1 rings (SSSR count). The minimum atomic E-state index is -3.95. The van der Waals surface area contributed by atoms with E-state index in [-0.39, 0.29) is 17.2 Å². The lowest BCUT2D eigenvalue weighted by molar-refractivity contribution is -0.174. The fourth-order valence-electron chi connectivity index (χ4n) is 1.33. The molecule has 3 N–H and O–H groups in total. The summed E-state index contributed by atoms with van der Waals surface area (Å²) in [6.07, 6.45) is 0. The van der Waals surface area contributed by atoms with Gasteiger partial charge in [-0.25, -0.2) is 4.79 Å². The lowest BCUT2D eigenvalue weighted by Crippen LogP contribution is -2.41. The van der Waals surface area contributed by atoms with E-state index >= 15 is 0 Å². The van der Waals surface area contributed by atoms with Gasteiger partial charge in [0.1, 0.15) is 11.8 Å². The molecule has 0 unspecified atom stereocenters. The van der Waals surface area contributed by atoms with Crippen molar-refractivity contribution in [2.45, 2.75) is 18.9 Å². The summed E-state index contributed by atoms with van der Waals surface area (Å²) in [4.78, 5) is 11.1. The van der Waals surface area contributed by atoms with E-state index in [2.05, 4.69) is 4.74 Å². The van der Waals surface area contributed by atoms with Gasteiger partial charge in [0, 0.05) is 5.56 Å². The van der Waals surface area contributed by atoms with Crippen LogP contribution in [0.4, 0.5) is 8.78 Å². The first-order chi connectivity index (χ1) is 8.32. The van der Waals surface area contributed by atoms with E-state index in [1.165, 1.54) is 25.1 Å². The Balaban J connectivity index is 3.09. The number of phenols is 1. The Hall–Kier alpha value is -1.40. The molecule has 0 aliphatic heterocycles. The van der Waals surface area contributed by atoms with Gasteiger partial charge < -0.3 is 15.6 Å². The molecule has 7 heteroatoms. The van der Waals surface area contributed by atoms with Gasteiger partial charge in [-0.05, 0) is 13.0 Å². The van der Waals surface area contributed by atoms with Gasteiger partial charge in [0.15, 0.2) is 0 Å². The molecule has 0 bridgehead atoms. The Kier molecular flexibility index (Phi) is 4.48. The number of carbonyl (C=O) groups is 1. The zero-order valence-electron chi connectivity index (χ0n) is 9.49. The van der Waals surface area contributed by atoms with Gasteiger partial charge in [-0.3, -0.25) is 0 Å². The van der Waals surface area contributed by atoms with Crippen molar-refractivity contribution in [2.24, 2.45) is 5.73 Å². The molecule has 0 amide bonds. The predicted octanol–water partition coefficient (Wildman–Crippen LogP) is 2.24. The van der Waals surface area contributed by atoms with Crippen LogP contribution >= 0.6 is 11.6 Å². The first-order valence-electron chi connectivity index (χ1n) is 5.10. The molecule has 1 aromatic rings. The topological polar surface area (TPSA) is 72.5 Å². The van der Waals surface area contributed by atoms with Crippen molar-refractivity contribution in [3.63, 3.8) is 0 Å². The van der Waals surface area contributed by atoms with Crippen molar-refractivity contribution in [2.75, 3.05) is 6.61 Å². The number of aromatic hydroxyl groups is 1. The van der Waals surface area contributed by atoms with Crippen molar-refractivity contribution < 1.29 is 23.4 Å². The number of rotatable bonds is 4. The fraction of sp³-hybridized carbons (Fsp3) is 0.364. The second kappa shape index (κ2) is 5.49. The van der Waals surface area contributed by atoms with Gasteiger partial charge in [0.25, 0.3) is 0 Å². The lowest BCUT2D eigenvalue weighted by atomic mass is 10.0. The van der Waals surface area contributed by atoms with Gasteiger partial charge in [-0.1, -0.05) is 23.7 Å². The molecule has 0 saturated carbocycles. The summed E-state index contributed by atoms with van der Waals surface area (Å²) in [6.45, 7) is 1.21. The highest BCUT2D eigenvalue weighted by molar-refractivity contribution is 6.32. The molecule has 18 heavy (non-hydrogen) atoms. The Morgan fingerprint density at radius 3 is 2.78 bits per heavy atom. The maximum absolute atomic E-state index is 13.6. The van der Waals surface area contributed by atoms with Crippen LogP contribution in [0.25, 0.3) is 0 Å². The molecule has 0 radical (unpaired) electrons. The summed E-state index contributed by atoms with van der Waals surface area (Å²) in [5.74, 6) is -6.26. The highest BCUT2D eigenvalue weighted by Gasteiger charge is 2.48. The van der Waals surface area contributed by atoms with E-state index in [4.69, 9.17) is 17.3 Å². The normalized spacial score (nSPS) is 13.2. The molecule has 0 spiro atoms. The molecule has 1 atom stereocenters. The van der Waals surface area contributed by atoms with E-state index < -0.39 is 23.7 Å². The van der Waals surface area contributed by atoms with E-state index in [1.54, 1.807) is 0 Å². The SMILES string of the molecule is CCOC(=O)C(F)(F)[C@@H](N)c1cccc(Cl)c1O. The minimum Gasteiger partial charge on any atom is -0.506 e. The van der Waals surface area contributed by atoms with Gasteiger partial charge in [-0.15, -0.1) is 0 Å². The van der Waals surface area contributed by atoms with Crippen LogP contribution in [0.3, 0.4) is 0 Å². The van der Waals surface area contributed by atoms with E-state index in [0.29, 0.717) is 0 Å². The van der Waals surface area contributed by atoms with Crippen molar-refractivity contribution in [3.8, 4) is 5.75 Å². The summed E-state index contributed by atoms with van der Waals surface area (Å²) in [7, 11) is 0. The number of carbonyl (C=O) groups excluding carboxylic acids is 1. The number of alkyl halides is 2. The van der Waals surface area contributed by atoms with Crippen LogP contribution in [0.15, 0.2) is 18.2 Å². The number of halogens is 3. The van der Waals surface area contributed by atoms with E-state index in [9.17, 15) is 18.7 Å². The highest BCUT2D eigenvalue weighted by atomic mass is 35.5. The van der Waals surface area contributed by atoms with Crippen molar-refractivity contribution in [1.29, 1.82) is 0 Å². The monoisotopic (exact) mass is 279 g/mol. The second-order valence-corrected chi connectivity index (χ2v) is 3.91.